The molecule has 0 spiro atoms. The number of nitriles is 1. The van der Waals surface area contributed by atoms with Crippen molar-refractivity contribution in [3.05, 3.63) is 34.3 Å². The number of benzene rings is 1. The minimum atomic E-state index is -0.0756. The summed E-state index contributed by atoms with van der Waals surface area (Å²) in [5.41, 5.74) is 1.53. The fraction of sp³-hybridized carbons (Fsp3) is 0.385. The first-order valence-corrected chi connectivity index (χ1v) is 5.89. The number of carbonyl (C=O) groups is 1. The fourth-order valence-electron chi connectivity index (χ4n) is 1.63. The molecule has 0 heterocycles. The molecule has 1 aromatic carbocycles. The average molecular weight is 251 g/mol. The molecule has 17 heavy (non-hydrogen) atoms. The summed E-state index contributed by atoms with van der Waals surface area (Å²) >= 11 is 5.92. The summed E-state index contributed by atoms with van der Waals surface area (Å²) in [6.07, 6.45) is 0.346. The number of halogens is 1. The molecule has 4 heteroatoms. The maximum Gasteiger partial charge on any atom is 0.253 e. The Morgan fingerprint density at radius 1 is 1.47 bits per heavy atom. The summed E-state index contributed by atoms with van der Waals surface area (Å²) < 4.78 is 0. The van der Waals surface area contributed by atoms with Crippen molar-refractivity contribution in [2.75, 3.05) is 13.1 Å². The summed E-state index contributed by atoms with van der Waals surface area (Å²) in [5.74, 6) is -0.0756. The summed E-state index contributed by atoms with van der Waals surface area (Å²) in [4.78, 5) is 13.8. The SMILES string of the molecule is CCN(CCC#N)C(=O)c1cc(C)cc(Cl)c1. The minimum absolute atomic E-state index is 0.0756. The molecule has 0 aromatic heterocycles. The Kier molecular flexibility index (Phi) is 4.99. The van der Waals surface area contributed by atoms with Crippen LogP contribution in [0.5, 0.6) is 0 Å². The predicted molar refractivity (Wildman–Crippen MR) is 68.0 cm³/mol. The van der Waals surface area contributed by atoms with Crippen LogP contribution in [0.4, 0.5) is 0 Å². The van der Waals surface area contributed by atoms with Gasteiger partial charge in [-0.1, -0.05) is 11.6 Å². The minimum Gasteiger partial charge on any atom is -0.338 e. The second-order valence-electron chi connectivity index (χ2n) is 3.81. The maximum atomic E-state index is 12.1. The van der Waals surface area contributed by atoms with Crippen LogP contribution in [0.2, 0.25) is 5.02 Å². The zero-order valence-electron chi connectivity index (χ0n) is 10.0. The van der Waals surface area contributed by atoms with Gasteiger partial charge in [0.05, 0.1) is 12.5 Å². The van der Waals surface area contributed by atoms with Crippen molar-refractivity contribution < 1.29 is 4.79 Å². The van der Waals surface area contributed by atoms with Crippen molar-refractivity contribution in [3.8, 4) is 6.07 Å². The molecular weight excluding hydrogens is 236 g/mol. The van der Waals surface area contributed by atoms with E-state index in [4.69, 9.17) is 16.9 Å². The predicted octanol–water partition coefficient (Wildman–Crippen LogP) is 3.02. The van der Waals surface area contributed by atoms with Crippen molar-refractivity contribution in [2.24, 2.45) is 0 Å². The van der Waals surface area contributed by atoms with Crippen molar-refractivity contribution in [1.29, 1.82) is 5.26 Å². The number of hydrogen-bond donors (Lipinski definition) is 0. The molecule has 0 aliphatic carbocycles. The molecule has 0 radical (unpaired) electrons. The van der Waals surface area contributed by atoms with Crippen LogP contribution in [-0.2, 0) is 0 Å². The molecule has 0 fully saturated rings. The van der Waals surface area contributed by atoms with Gasteiger partial charge >= 0.3 is 0 Å². The third-order valence-electron chi connectivity index (χ3n) is 2.45. The van der Waals surface area contributed by atoms with Gasteiger partial charge in [0, 0.05) is 23.7 Å². The van der Waals surface area contributed by atoms with Crippen LogP contribution >= 0.6 is 11.6 Å². The number of hydrogen-bond acceptors (Lipinski definition) is 2. The van der Waals surface area contributed by atoms with E-state index < -0.39 is 0 Å². The Labute approximate surface area is 107 Å². The highest BCUT2D eigenvalue weighted by Gasteiger charge is 2.14. The third kappa shape index (κ3) is 3.76. The fourth-order valence-corrected chi connectivity index (χ4v) is 1.92. The van der Waals surface area contributed by atoms with Gasteiger partial charge in [0.1, 0.15) is 0 Å². The molecule has 0 saturated carbocycles. The number of nitrogens with zero attached hydrogens (tertiary/aromatic N) is 2. The number of carbonyl (C=O) groups excluding carboxylic acids is 1. The van der Waals surface area contributed by atoms with Gasteiger partial charge in [0.25, 0.3) is 5.91 Å². The van der Waals surface area contributed by atoms with Gasteiger partial charge in [-0.3, -0.25) is 4.79 Å². The average Bonchev–Trinajstić information content (AvgIpc) is 2.28. The largest absolute Gasteiger partial charge is 0.338 e. The van der Waals surface area contributed by atoms with E-state index in [1.807, 2.05) is 32.0 Å². The summed E-state index contributed by atoms with van der Waals surface area (Å²) in [5, 5.41) is 9.10. The first-order valence-electron chi connectivity index (χ1n) is 5.52. The second kappa shape index (κ2) is 6.27. The van der Waals surface area contributed by atoms with Gasteiger partial charge in [-0.05, 0) is 37.6 Å². The molecule has 0 unspecified atom stereocenters. The molecular formula is C13H15ClN2O. The van der Waals surface area contributed by atoms with Gasteiger partial charge in [-0.2, -0.15) is 5.26 Å². The highest BCUT2D eigenvalue weighted by atomic mass is 35.5. The van der Waals surface area contributed by atoms with E-state index in [0.717, 1.165) is 5.56 Å². The van der Waals surface area contributed by atoms with Crippen LogP contribution in [0, 0.1) is 18.3 Å². The molecule has 0 N–H and O–H groups in total. The van der Waals surface area contributed by atoms with E-state index >= 15 is 0 Å². The monoisotopic (exact) mass is 250 g/mol. The van der Waals surface area contributed by atoms with Crippen LogP contribution in [0.3, 0.4) is 0 Å². The van der Waals surface area contributed by atoms with Crippen LogP contribution in [0.25, 0.3) is 0 Å². The van der Waals surface area contributed by atoms with E-state index in [1.165, 1.54) is 0 Å². The molecule has 90 valence electrons. The van der Waals surface area contributed by atoms with Gasteiger partial charge in [-0.15, -0.1) is 0 Å². The van der Waals surface area contributed by atoms with Gasteiger partial charge in [0.15, 0.2) is 0 Å². The van der Waals surface area contributed by atoms with Crippen LogP contribution in [0.1, 0.15) is 29.3 Å². The first-order chi connectivity index (χ1) is 8.08. The maximum absolute atomic E-state index is 12.1. The topological polar surface area (TPSA) is 44.1 Å². The van der Waals surface area contributed by atoms with Gasteiger partial charge in [-0.25, -0.2) is 0 Å². The normalized spacial score (nSPS) is 9.76. The first kappa shape index (κ1) is 13.5. The van der Waals surface area contributed by atoms with Crippen LogP contribution in [-0.4, -0.2) is 23.9 Å². The molecule has 1 rings (SSSR count). The number of amides is 1. The van der Waals surface area contributed by atoms with Crippen LogP contribution < -0.4 is 0 Å². The Hall–Kier alpha value is -1.53. The highest BCUT2D eigenvalue weighted by molar-refractivity contribution is 6.31. The third-order valence-corrected chi connectivity index (χ3v) is 2.67. The second-order valence-corrected chi connectivity index (χ2v) is 4.25. The standard InChI is InChI=1S/C13H15ClN2O/c1-3-16(6-4-5-15)13(17)11-7-10(2)8-12(14)9-11/h7-9H,3-4,6H2,1-2H3. The van der Waals surface area contributed by atoms with E-state index in [9.17, 15) is 4.79 Å². The summed E-state index contributed by atoms with van der Waals surface area (Å²) in [6, 6.07) is 7.32. The molecule has 0 saturated heterocycles. The molecule has 3 nitrogen and oxygen atoms in total. The van der Waals surface area contributed by atoms with E-state index in [2.05, 4.69) is 0 Å². The summed E-state index contributed by atoms with van der Waals surface area (Å²) in [6.45, 7) is 4.84. The highest BCUT2D eigenvalue weighted by Crippen LogP contribution is 2.16. The lowest BCUT2D eigenvalue weighted by atomic mass is 10.1. The van der Waals surface area contributed by atoms with Crippen molar-refractivity contribution >= 4 is 17.5 Å². The Morgan fingerprint density at radius 2 is 2.18 bits per heavy atom. The Morgan fingerprint density at radius 3 is 2.71 bits per heavy atom. The lowest BCUT2D eigenvalue weighted by Gasteiger charge is -2.19. The van der Waals surface area contributed by atoms with Gasteiger partial charge in [0.2, 0.25) is 0 Å². The molecule has 0 aliphatic rings. The lowest BCUT2D eigenvalue weighted by molar-refractivity contribution is 0.0767. The zero-order valence-corrected chi connectivity index (χ0v) is 10.8. The molecule has 0 atom stereocenters. The Bertz CT molecular complexity index is 431. The number of aryl methyl sites for hydroxylation is 1. The zero-order chi connectivity index (χ0) is 12.8. The molecule has 1 amide bonds. The van der Waals surface area contributed by atoms with E-state index in [1.54, 1.807) is 11.0 Å². The van der Waals surface area contributed by atoms with Crippen molar-refractivity contribution in [1.82, 2.24) is 4.90 Å². The Balaban J connectivity index is 2.90. The number of rotatable bonds is 4. The van der Waals surface area contributed by atoms with E-state index in [-0.39, 0.29) is 5.91 Å². The molecule has 1 aromatic rings. The van der Waals surface area contributed by atoms with Crippen LogP contribution in [0.15, 0.2) is 18.2 Å². The van der Waals surface area contributed by atoms with E-state index in [0.29, 0.717) is 30.1 Å². The molecule has 0 aliphatic heterocycles. The van der Waals surface area contributed by atoms with Gasteiger partial charge < -0.3 is 4.90 Å². The van der Waals surface area contributed by atoms with Crippen molar-refractivity contribution in [3.63, 3.8) is 0 Å². The summed E-state index contributed by atoms with van der Waals surface area (Å²) in [7, 11) is 0. The smallest absolute Gasteiger partial charge is 0.253 e. The lowest BCUT2D eigenvalue weighted by Crippen LogP contribution is -2.31. The quantitative estimate of drug-likeness (QED) is 0.825. The molecule has 0 bridgehead atoms. The van der Waals surface area contributed by atoms with Crippen molar-refractivity contribution in [2.45, 2.75) is 20.3 Å².